The molecule has 1 aromatic heterocycles. The standard InChI is InChI=1S/C19H32N4O/c24-19(15-12-13-17-18(14-15)22-23-21-17)20-16-10-8-6-4-2-1-3-5-7-9-11-16/h15-16H,1-14H2,(H,20,24)(H,21,22,23). The second-order valence-corrected chi connectivity index (χ2v) is 7.62. The first-order valence-electron chi connectivity index (χ1n) is 10.0. The van der Waals surface area contributed by atoms with Crippen LogP contribution in [0.4, 0.5) is 0 Å². The van der Waals surface area contributed by atoms with E-state index in [4.69, 9.17) is 0 Å². The Morgan fingerprint density at radius 2 is 1.42 bits per heavy atom. The average molecular weight is 332 g/mol. The smallest absolute Gasteiger partial charge is 0.223 e. The van der Waals surface area contributed by atoms with Gasteiger partial charge >= 0.3 is 0 Å². The lowest BCUT2D eigenvalue weighted by atomic mass is 9.88. The van der Waals surface area contributed by atoms with E-state index >= 15 is 0 Å². The number of aromatic amines is 1. The molecule has 1 fully saturated rings. The molecular formula is C19H32N4O. The van der Waals surface area contributed by atoms with Gasteiger partial charge in [0.2, 0.25) is 5.91 Å². The first-order valence-corrected chi connectivity index (χ1v) is 10.0. The maximum absolute atomic E-state index is 12.7. The Morgan fingerprint density at radius 1 is 0.833 bits per heavy atom. The van der Waals surface area contributed by atoms with Crippen LogP contribution >= 0.6 is 0 Å². The fourth-order valence-corrected chi connectivity index (χ4v) is 4.14. The lowest BCUT2D eigenvalue weighted by Gasteiger charge is -2.24. The summed E-state index contributed by atoms with van der Waals surface area (Å²) in [6, 6.07) is 0.371. The first kappa shape index (κ1) is 17.4. The summed E-state index contributed by atoms with van der Waals surface area (Å²) in [4.78, 5) is 12.7. The Labute approximate surface area is 145 Å². The second kappa shape index (κ2) is 9.19. The summed E-state index contributed by atoms with van der Waals surface area (Å²) in [5.74, 6) is 0.310. The highest BCUT2D eigenvalue weighted by Crippen LogP contribution is 2.23. The molecule has 1 unspecified atom stereocenters. The topological polar surface area (TPSA) is 70.7 Å². The molecule has 2 N–H and O–H groups in total. The minimum Gasteiger partial charge on any atom is -0.353 e. The van der Waals surface area contributed by atoms with Gasteiger partial charge in [0, 0.05) is 18.4 Å². The van der Waals surface area contributed by atoms with Crippen molar-refractivity contribution in [2.24, 2.45) is 5.92 Å². The maximum atomic E-state index is 12.7. The van der Waals surface area contributed by atoms with Gasteiger partial charge in [0.1, 0.15) is 0 Å². The van der Waals surface area contributed by atoms with Crippen molar-refractivity contribution in [2.45, 2.75) is 95.9 Å². The predicted octanol–water partition coefficient (Wildman–Crippen LogP) is 3.70. The monoisotopic (exact) mass is 332 g/mol. The molecule has 5 heteroatoms. The molecule has 0 aromatic carbocycles. The van der Waals surface area contributed by atoms with Crippen LogP contribution < -0.4 is 5.32 Å². The van der Waals surface area contributed by atoms with Crippen molar-refractivity contribution in [1.82, 2.24) is 20.7 Å². The minimum absolute atomic E-state index is 0.0731. The molecule has 0 radical (unpaired) electrons. The van der Waals surface area contributed by atoms with Crippen molar-refractivity contribution in [2.75, 3.05) is 0 Å². The number of carbonyl (C=O) groups excluding carboxylic acids is 1. The van der Waals surface area contributed by atoms with Gasteiger partial charge in [-0.3, -0.25) is 4.79 Å². The van der Waals surface area contributed by atoms with Gasteiger partial charge in [-0.25, -0.2) is 0 Å². The number of fused-ring (bicyclic) bond motifs is 1. The van der Waals surface area contributed by atoms with E-state index in [-0.39, 0.29) is 11.8 Å². The Kier molecular flexibility index (Phi) is 6.67. The van der Waals surface area contributed by atoms with Crippen molar-refractivity contribution in [3.63, 3.8) is 0 Å². The fraction of sp³-hybridized carbons (Fsp3) is 0.842. The van der Waals surface area contributed by atoms with Crippen molar-refractivity contribution in [3.8, 4) is 0 Å². The van der Waals surface area contributed by atoms with Crippen LogP contribution in [-0.4, -0.2) is 27.4 Å². The highest BCUT2D eigenvalue weighted by Gasteiger charge is 2.28. The third-order valence-corrected chi connectivity index (χ3v) is 5.69. The highest BCUT2D eigenvalue weighted by atomic mass is 16.1. The Bertz CT molecular complexity index is 501. The lowest BCUT2D eigenvalue weighted by Crippen LogP contribution is -2.40. The SMILES string of the molecule is O=C(NC1CCCCCCCCCCC1)C1CCc2n[nH]nc2C1. The number of nitrogens with zero attached hydrogens (tertiary/aromatic N) is 2. The molecule has 1 amide bonds. The van der Waals surface area contributed by atoms with Gasteiger partial charge in [-0.1, -0.05) is 57.8 Å². The Morgan fingerprint density at radius 3 is 2.08 bits per heavy atom. The summed E-state index contributed by atoms with van der Waals surface area (Å²) in [5.41, 5.74) is 2.03. The van der Waals surface area contributed by atoms with Crippen LogP contribution in [0.15, 0.2) is 0 Å². The summed E-state index contributed by atoms with van der Waals surface area (Å²) in [6.07, 6.45) is 16.8. The van der Waals surface area contributed by atoms with E-state index in [1.807, 2.05) is 0 Å². The number of hydrogen-bond acceptors (Lipinski definition) is 3. The summed E-state index contributed by atoms with van der Waals surface area (Å²) in [6.45, 7) is 0. The van der Waals surface area contributed by atoms with Crippen molar-refractivity contribution in [1.29, 1.82) is 0 Å². The Balaban J connectivity index is 1.49. The van der Waals surface area contributed by atoms with Crippen LogP contribution in [0.1, 0.15) is 88.4 Å². The van der Waals surface area contributed by atoms with Gasteiger partial charge in [-0.15, -0.1) is 0 Å². The van der Waals surface area contributed by atoms with Gasteiger partial charge < -0.3 is 5.32 Å². The zero-order valence-corrected chi connectivity index (χ0v) is 14.9. The number of nitrogens with one attached hydrogen (secondary N) is 2. The van der Waals surface area contributed by atoms with Crippen LogP contribution in [0.3, 0.4) is 0 Å². The zero-order valence-electron chi connectivity index (χ0n) is 14.9. The van der Waals surface area contributed by atoms with E-state index < -0.39 is 0 Å². The predicted molar refractivity (Wildman–Crippen MR) is 94.6 cm³/mol. The maximum Gasteiger partial charge on any atom is 0.223 e. The molecule has 1 saturated carbocycles. The Hall–Kier alpha value is -1.39. The van der Waals surface area contributed by atoms with Gasteiger partial charge in [0.25, 0.3) is 0 Å². The molecule has 134 valence electrons. The van der Waals surface area contributed by atoms with Gasteiger partial charge in [0.15, 0.2) is 0 Å². The van der Waals surface area contributed by atoms with Crippen molar-refractivity contribution >= 4 is 5.91 Å². The van der Waals surface area contributed by atoms with E-state index in [2.05, 4.69) is 20.7 Å². The number of aryl methyl sites for hydroxylation is 1. The summed E-state index contributed by atoms with van der Waals surface area (Å²) in [7, 11) is 0. The second-order valence-electron chi connectivity index (χ2n) is 7.62. The third kappa shape index (κ3) is 5.05. The molecule has 3 rings (SSSR count). The van der Waals surface area contributed by atoms with Gasteiger partial charge in [-0.2, -0.15) is 15.4 Å². The number of aromatic nitrogens is 3. The summed E-state index contributed by atoms with van der Waals surface area (Å²) in [5, 5.41) is 14.4. The molecule has 1 atom stereocenters. The molecule has 24 heavy (non-hydrogen) atoms. The van der Waals surface area contributed by atoms with E-state index in [1.165, 1.54) is 57.8 Å². The van der Waals surface area contributed by atoms with E-state index in [0.717, 1.165) is 43.5 Å². The largest absolute Gasteiger partial charge is 0.353 e. The zero-order chi connectivity index (χ0) is 16.6. The minimum atomic E-state index is 0.0731. The van der Waals surface area contributed by atoms with Crippen LogP contribution in [0.25, 0.3) is 0 Å². The highest BCUT2D eigenvalue weighted by molar-refractivity contribution is 5.79. The molecule has 1 heterocycles. The molecule has 0 aliphatic heterocycles. The molecular weight excluding hydrogens is 300 g/mol. The summed E-state index contributed by atoms with van der Waals surface area (Å²) < 4.78 is 0. The van der Waals surface area contributed by atoms with Crippen LogP contribution in [0.2, 0.25) is 0 Å². The number of hydrogen-bond donors (Lipinski definition) is 2. The van der Waals surface area contributed by atoms with E-state index in [1.54, 1.807) is 0 Å². The molecule has 2 aliphatic rings. The molecule has 0 saturated heterocycles. The lowest BCUT2D eigenvalue weighted by molar-refractivity contribution is -0.126. The summed E-state index contributed by atoms with van der Waals surface area (Å²) >= 11 is 0. The van der Waals surface area contributed by atoms with Crippen LogP contribution in [-0.2, 0) is 17.6 Å². The number of amides is 1. The third-order valence-electron chi connectivity index (χ3n) is 5.69. The number of rotatable bonds is 2. The molecule has 0 spiro atoms. The first-order chi connectivity index (χ1) is 11.8. The van der Waals surface area contributed by atoms with Crippen molar-refractivity contribution in [3.05, 3.63) is 11.4 Å². The van der Waals surface area contributed by atoms with E-state index in [0.29, 0.717) is 6.04 Å². The number of H-pyrrole nitrogens is 1. The van der Waals surface area contributed by atoms with Crippen LogP contribution in [0.5, 0.6) is 0 Å². The average Bonchev–Trinajstić information content (AvgIpc) is 3.05. The normalized spacial score (nSPS) is 24.4. The molecule has 5 nitrogen and oxygen atoms in total. The number of carbonyl (C=O) groups is 1. The van der Waals surface area contributed by atoms with Gasteiger partial charge in [-0.05, 0) is 25.7 Å². The molecule has 1 aromatic rings. The van der Waals surface area contributed by atoms with Gasteiger partial charge in [0.05, 0.1) is 11.4 Å². The van der Waals surface area contributed by atoms with Crippen molar-refractivity contribution < 1.29 is 4.79 Å². The van der Waals surface area contributed by atoms with E-state index in [9.17, 15) is 4.79 Å². The fourth-order valence-electron chi connectivity index (χ4n) is 4.14. The molecule has 2 aliphatic carbocycles. The quantitative estimate of drug-likeness (QED) is 0.867. The van der Waals surface area contributed by atoms with Crippen LogP contribution in [0, 0.1) is 5.92 Å². The molecule has 0 bridgehead atoms.